The van der Waals surface area contributed by atoms with Crippen LogP contribution in [0, 0.1) is 5.92 Å². The molecule has 0 saturated heterocycles. The Morgan fingerprint density at radius 2 is 1.50 bits per heavy atom. The van der Waals surface area contributed by atoms with Crippen molar-refractivity contribution in [1.82, 2.24) is 21.3 Å². The molecule has 0 aliphatic heterocycles. The van der Waals surface area contributed by atoms with Crippen molar-refractivity contribution < 1.29 is 48.1 Å². The summed E-state index contributed by atoms with van der Waals surface area (Å²) in [6, 6.07) is -5.30. The zero-order valence-corrected chi connectivity index (χ0v) is 30.8. The number of carbonyl (C=O) groups excluding carboxylic acids is 6. The van der Waals surface area contributed by atoms with Crippen LogP contribution in [0.25, 0.3) is 0 Å². The van der Waals surface area contributed by atoms with Gasteiger partial charge in [0.25, 0.3) is 0 Å². The third-order valence-corrected chi connectivity index (χ3v) is 7.33. The third kappa shape index (κ3) is 18.9. The van der Waals surface area contributed by atoms with Crippen molar-refractivity contribution in [3.8, 4) is 0 Å². The van der Waals surface area contributed by atoms with Gasteiger partial charge >= 0.3 is 18.0 Å². The van der Waals surface area contributed by atoms with Gasteiger partial charge in [0.05, 0.1) is 6.10 Å². The predicted octanol–water partition coefficient (Wildman–Crippen LogP) is 2.76. The van der Waals surface area contributed by atoms with Gasteiger partial charge < -0.3 is 40.6 Å². The van der Waals surface area contributed by atoms with E-state index in [4.69, 9.17) is 14.2 Å². The molecule has 5 N–H and O–H groups in total. The molecule has 276 valence electrons. The number of hydrogen-bond donors (Lipinski definition) is 5. The second-order valence-corrected chi connectivity index (χ2v) is 13.9. The highest BCUT2D eigenvalue weighted by Gasteiger charge is 2.37. The average Bonchev–Trinajstić information content (AvgIpc) is 2.97. The van der Waals surface area contributed by atoms with Gasteiger partial charge in [0.1, 0.15) is 36.4 Å². The number of unbranched alkanes of at least 4 members (excludes halogenated alkanes) is 2. The molecule has 0 radical (unpaired) electrons. The van der Waals surface area contributed by atoms with Gasteiger partial charge in [0.15, 0.2) is 6.04 Å². The van der Waals surface area contributed by atoms with Crippen molar-refractivity contribution in [2.75, 3.05) is 18.6 Å². The van der Waals surface area contributed by atoms with Gasteiger partial charge in [0, 0.05) is 6.42 Å². The van der Waals surface area contributed by atoms with E-state index in [0.717, 1.165) is 12.8 Å². The fourth-order valence-corrected chi connectivity index (χ4v) is 4.75. The van der Waals surface area contributed by atoms with E-state index in [0.29, 0.717) is 12.2 Å². The summed E-state index contributed by atoms with van der Waals surface area (Å²) in [4.78, 5) is 78.4. The maximum absolute atomic E-state index is 13.7. The first-order valence-electron chi connectivity index (χ1n) is 16.4. The molecule has 0 aliphatic carbocycles. The first kappa shape index (κ1) is 44.7. The highest BCUT2D eigenvalue weighted by atomic mass is 32.2. The molecule has 0 aromatic heterocycles. The summed E-state index contributed by atoms with van der Waals surface area (Å²) in [6.07, 6.45) is 2.62. The van der Waals surface area contributed by atoms with Gasteiger partial charge in [-0.1, -0.05) is 46.3 Å². The molecule has 0 saturated carbocycles. The third-order valence-electron chi connectivity index (χ3n) is 6.68. The number of rotatable bonds is 22. The van der Waals surface area contributed by atoms with Crippen molar-refractivity contribution in [1.29, 1.82) is 0 Å². The fourth-order valence-electron chi connectivity index (χ4n) is 4.28. The minimum Gasteiger partial charge on any atom is -0.460 e. The van der Waals surface area contributed by atoms with E-state index in [-0.39, 0.29) is 37.7 Å². The molecule has 0 aliphatic rings. The largest absolute Gasteiger partial charge is 0.460 e. The maximum Gasteiger partial charge on any atom is 0.408 e. The van der Waals surface area contributed by atoms with E-state index in [9.17, 15) is 33.9 Å². The topological polar surface area (TPSA) is 198 Å². The molecular formula is C33H58N4O10S. The number of amides is 4. The van der Waals surface area contributed by atoms with Gasteiger partial charge in [-0.2, -0.15) is 11.8 Å². The number of ether oxygens (including phenoxy) is 3. The Morgan fingerprint density at radius 1 is 0.875 bits per heavy atom. The average molecular weight is 703 g/mol. The lowest BCUT2D eigenvalue weighted by molar-refractivity contribution is -0.157. The molecule has 15 heteroatoms. The molecule has 0 rings (SSSR count). The van der Waals surface area contributed by atoms with Gasteiger partial charge in [-0.15, -0.1) is 0 Å². The van der Waals surface area contributed by atoms with Crippen LogP contribution in [0.2, 0.25) is 0 Å². The van der Waals surface area contributed by atoms with E-state index < -0.39 is 71.8 Å². The summed E-state index contributed by atoms with van der Waals surface area (Å²) >= 11 is 1.46. The molecule has 4 amide bonds. The molecule has 0 aromatic rings. The highest BCUT2D eigenvalue weighted by molar-refractivity contribution is 7.98. The van der Waals surface area contributed by atoms with Gasteiger partial charge in [-0.3, -0.25) is 14.4 Å². The van der Waals surface area contributed by atoms with Crippen LogP contribution in [-0.4, -0.2) is 101 Å². The maximum atomic E-state index is 13.7. The Bertz CT molecular complexity index is 1060. The van der Waals surface area contributed by atoms with Gasteiger partial charge in [0.2, 0.25) is 17.7 Å². The number of nitrogens with one attached hydrogen (secondary N) is 4. The van der Waals surface area contributed by atoms with Gasteiger partial charge in [-0.05, 0) is 71.8 Å². The van der Waals surface area contributed by atoms with Crippen molar-refractivity contribution in [2.24, 2.45) is 5.92 Å². The van der Waals surface area contributed by atoms with Crippen LogP contribution in [-0.2, 0) is 38.2 Å². The lowest BCUT2D eigenvalue weighted by Crippen LogP contribution is -2.61. The van der Waals surface area contributed by atoms with Crippen LogP contribution in [0.1, 0.15) is 93.9 Å². The summed E-state index contributed by atoms with van der Waals surface area (Å²) < 4.78 is 15.9. The highest BCUT2D eigenvalue weighted by Crippen LogP contribution is 2.13. The van der Waals surface area contributed by atoms with Crippen molar-refractivity contribution in [3.63, 3.8) is 0 Å². The summed E-state index contributed by atoms with van der Waals surface area (Å²) in [6.45, 7) is 16.6. The lowest BCUT2D eigenvalue weighted by Gasteiger charge is -2.30. The summed E-state index contributed by atoms with van der Waals surface area (Å²) in [5.41, 5.74) is -0.831. The summed E-state index contributed by atoms with van der Waals surface area (Å²) in [5, 5.41) is 20.4. The minimum absolute atomic E-state index is 0.0573. The quantitative estimate of drug-likeness (QED) is 0.0481. The van der Waals surface area contributed by atoms with E-state index >= 15 is 0 Å². The van der Waals surface area contributed by atoms with Crippen LogP contribution in [0.4, 0.5) is 4.79 Å². The van der Waals surface area contributed by atoms with Crippen LogP contribution < -0.4 is 21.3 Å². The van der Waals surface area contributed by atoms with Crippen LogP contribution >= 0.6 is 11.8 Å². The van der Waals surface area contributed by atoms with Gasteiger partial charge in [-0.25, -0.2) is 14.4 Å². The number of thioether (sulfide) groups is 1. The Morgan fingerprint density at radius 3 is 2.02 bits per heavy atom. The molecular weight excluding hydrogens is 644 g/mol. The Hall–Kier alpha value is -3.33. The van der Waals surface area contributed by atoms with Crippen molar-refractivity contribution in [2.45, 2.75) is 136 Å². The first-order valence-corrected chi connectivity index (χ1v) is 17.8. The predicted molar refractivity (Wildman–Crippen MR) is 184 cm³/mol. The molecule has 6 atom stereocenters. The van der Waals surface area contributed by atoms with Crippen molar-refractivity contribution >= 4 is 47.5 Å². The molecule has 0 spiro atoms. The molecule has 0 heterocycles. The summed E-state index contributed by atoms with van der Waals surface area (Å²) in [5.74, 6) is -3.40. The fraction of sp³-hybridized carbons (Fsp3) is 0.758. The lowest BCUT2D eigenvalue weighted by atomic mass is 10.0. The number of aliphatic hydroxyl groups excluding tert-OH is 1. The summed E-state index contributed by atoms with van der Waals surface area (Å²) in [7, 11) is 0. The standard InChI is InChI=1S/C33H58N4O10S/c1-11-13-14-15-25(39)34-23(16-18-48-10)28(40)37-27(29(41)36-26(21(5)38)31(43)45-17-12-2)22(6)46-30(42)24(19-20(3)4)35-32(44)47-33(7,8)9/h12,20-24,26-27,38H,2,11,13-19H2,1,3-10H3,(H,34,39)(H,35,44)(H,36,41)(H,37,40)/t21-,22-,23+,24+,26+,27+/m1/s1. The Labute approximate surface area is 289 Å². The first-order chi connectivity index (χ1) is 22.4. The smallest absolute Gasteiger partial charge is 0.408 e. The Balaban J connectivity index is 6.36. The second-order valence-electron chi connectivity index (χ2n) is 13.0. The van der Waals surface area contributed by atoms with E-state index in [1.54, 1.807) is 20.8 Å². The van der Waals surface area contributed by atoms with E-state index in [2.05, 4.69) is 27.8 Å². The zero-order valence-electron chi connectivity index (χ0n) is 30.0. The number of hydrogen-bond acceptors (Lipinski definition) is 11. The molecule has 0 unspecified atom stereocenters. The molecule has 48 heavy (non-hydrogen) atoms. The second kappa shape index (κ2) is 23.1. The normalized spacial score (nSPS) is 15.1. The molecule has 0 fully saturated rings. The Kier molecular flexibility index (Phi) is 21.5. The van der Waals surface area contributed by atoms with Crippen molar-refractivity contribution in [3.05, 3.63) is 12.7 Å². The number of carbonyl (C=O) groups is 6. The van der Waals surface area contributed by atoms with E-state index in [1.165, 1.54) is 31.7 Å². The van der Waals surface area contributed by atoms with E-state index in [1.807, 2.05) is 27.0 Å². The monoisotopic (exact) mass is 702 g/mol. The zero-order chi connectivity index (χ0) is 37.0. The van der Waals surface area contributed by atoms with Crippen LogP contribution in [0.3, 0.4) is 0 Å². The molecule has 0 aromatic carbocycles. The van der Waals surface area contributed by atoms with Crippen LogP contribution in [0.15, 0.2) is 12.7 Å². The number of alkyl carbamates (subject to hydrolysis) is 1. The number of esters is 2. The SMILES string of the molecule is C=CCOC(=O)[C@@H](NC(=O)[C@@H](NC(=O)[C@H](CCSC)NC(=O)CCCCC)[C@@H](C)OC(=O)[C@H](CC(C)C)NC(=O)OC(C)(C)C)[C@@H](C)O. The molecule has 0 bridgehead atoms. The molecule has 14 nitrogen and oxygen atoms in total. The number of aliphatic hydroxyl groups is 1. The minimum atomic E-state index is -1.59. The van der Waals surface area contributed by atoms with Crippen LogP contribution in [0.5, 0.6) is 0 Å².